The van der Waals surface area contributed by atoms with Gasteiger partial charge in [-0.3, -0.25) is 9.36 Å². The molecule has 4 aromatic rings. The Balaban J connectivity index is 1.44. The third-order valence-corrected chi connectivity index (χ3v) is 6.32. The number of halogens is 2. The molecular formula is C23H20Cl2N4O3S. The molecule has 10 heteroatoms. The molecule has 0 radical (unpaired) electrons. The fourth-order valence-corrected chi connectivity index (χ4v) is 3.99. The zero-order valence-corrected chi connectivity index (χ0v) is 20.0. The molecule has 0 bridgehead atoms. The first-order valence-electron chi connectivity index (χ1n) is 9.99. The highest BCUT2D eigenvalue weighted by molar-refractivity contribution is 7.99. The highest BCUT2D eigenvalue weighted by Crippen LogP contribution is 2.26. The van der Waals surface area contributed by atoms with Crippen LogP contribution in [0.15, 0.2) is 70.4 Å². The van der Waals surface area contributed by atoms with E-state index in [4.69, 9.17) is 32.4 Å². The molecule has 0 aliphatic carbocycles. The van der Waals surface area contributed by atoms with Crippen LogP contribution in [0, 0.1) is 6.92 Å². The van der Waals surface area contributed by atoms with Gasteiger partial charge in [-0.1, -0.05) is 52.7 Å². The van der Waals surface area contributed by atoms with Gasteiger partial charge in [-0.15, -0.1) is 10.2 Å². The summed E-state index contributed by atoms with van der Waals surface area (Å²) < 4.78 is 13.2. The molecule has 1 N–H and O–H groups in total. The predicted molar refractivity (Wildman–Crippen MR) is 129 cm³/mol. The Morgan fingerprint density at radius 3 is 2.67 bits per heavy atom. The van der Waals surface area contributed by atoms with Crippen molar-refractivity contribution in [3.8, 4) is 5.75 Å². The summed E-state index contributed by atoms with van der Waals surface area (Å²) in [4.78, 5) is 12.4. The summed E-state index contributed by atoms with van der Waals surface area (Å²) in [6, 6.07) is 16.4. The van der Waals surface area contributed by atoms with E-state index < -0.39 is 0 Å². The zero-order chi connectivity index (χ0) is 23.2. The minimum Gasteiger partial charge on any atom is -0.486 e. The summed E-state index contributed by atoms with van der Waals surface area (Å²) in [6.07, 6.45) is 1.61. The third kappa shape index (κ3) is 6.31. The molecule has 7 nitrogen and oxygen atoms in total. The highest BCUT2D eigenvalue weighted by atomic mass is 35.5. The number of carbonyl (C=O) groups is 1. The molecule has 2 aromatic heterocycles. The van der Waals surface area contributed by atoms with E-state index in [1.54, 1.807) is 24.5 Å². The van der Waals surface area contributed by atoms with Crippen molar-refractivity contribution in [3.63, 3.8) is 0 Å². The van der Waals surface area contributed by atoms with Crippen molar-refractivity contribution in [2.24, 2.45) is 0 Å². The average molecular weight is 503 g/mol. The molecule has 0 saturated carbocycles. The fourth-order valence-electron chi connectivity index (χ4n) is 2.93. The number of aromatic nitrogens is 3. The van der Waals surface area contributed by atoms with Gasteiger partial charge in [-0.2, -0.15) is 0 Å². The van der Waals surface area contributed by atoms with Crippen LogP contribution >= 0.6 is 35.0 Å². The van der Waals surface area contributed by atoms with Gasteiger partial charge in [-0.25, -0.2) is 0 Å². The molecule has 4 rings (SSSR count). The first-order valence-corrected chi connectivity index (χ1v) is 11.7. The number of hydrogen-bond acceptors (Lipinski definition) is 6. The summed E-state index contributed by atoms with van der Waals surface area (Å²) in [5.74, 6) is 2.04. The molecule has 0 aliphatic rings. The number of aryl methyl sites for hydroxylation is 1. The molecule has 33 heavy (non-hydrogen) atoms. The van der Waals surface area contributed by atoms with E-state index in [-0.39, 0.29) is 18.3 Å². The van der Waals surface area contributed by atoms with E-state index in [0.29, 0.717) is 33.3 Å². The van der Waals surface area contributed by atoms with Gasteiger partial charge < -0.3 is 14.5 Å². The second kappa shape index (κ2) is 10.8. The molecule has 1 amide bonds. The van der Waals surface area contributed by atoms with E-state index in [1.807, 2.05) is 47.9 Å². The van der Waals surface area contributed by atoms with Gasteiger partial charge in [0.2, 0.25) is 5.91 Å². The average Bonchev–Trinajstić information content (AvgIpc) is 3.45. The maximum Gasteiger partial charge on any atom is 0.234 e. The van der Waals surface area contributed by atoms with Gasteiger partial charge in [0, 0.05) is 5.69 Å². The van der Waals surface area contributed by atoms with Gasteiger partial charge >= 0.3 is 0 Å². The number of ether oxygens (including phenoxy) is 1. The number of rotatable bonds is 9. The number of amides is 1. The lowest BCUT2D eigenvalue weighted by Crippen LogP contribution is -2.15. The van der Waals surface area contributed by atoms with Crippen LogP contribution in [0.3, 0.4) is 0 Å². The summed E-state index contributed by atoms with van der Waals surface area (Å²) >= 11 is 13.2. The number of anilines is 1. The van der Waals surface area contributed by atoms with Crippen molar-refractivity contribution >= 4 is 46.6 Å². The number of nitrogens with one attached hydrogen (secondary N) is 1. The number of hydrogen-bond donors (Lipinski definition) is 1. The van der Waals surface area contributed by atoms with Crippen LogP contribution < -0.4 is 10.1 Å². The van der Waals surface area contributed by atoms with Gasteiger partial charge in [0.25, 0.3) is 0 Å². The van der Waals surface area contributed by atoms with Crippen molar-refractivity contribution in [2.45, 2.75) is 25.2 Å². The Hall–Kier alpha value is -2.94. The summed E-state index contributed by atoms with van der Waals surface area (Å²) in [6.45, 7) is 2.67. The van der Waals surface area contributed by atoms with Crippen molar-refractivity contribution in [2.75, 3.05) is 11.1 Å². The first-order chi connectivity index (χ1) is 16.0. The Bertz CT molecular complexity index is 1230. The molecule has 2 aromatic carbocycles. The number of benzene rings is 2. The van der Waals surface area contributed by atoms with Crippen LogP contribution in [0.4, 0.5) is 5.69 Å². The van der Waals surface area contributed by atoms with Crippen molar-refractivity contribution in [1.29, 1.82) is 0 Å². The number of thioether (sulfide) groups is 1. The lowest BCUT2D eigenvalue weighted by molar-refractivity contribution is -0.113. The van der Waals surface area contributed by atoms with Gasteiger partial charge in [0.05, 0.1) is 28.6 Å². The molecule has 0 fully saturated rings. The van der Waals surface area contributed by atoms with E-state index in [0.717, 1.165) is 17.1 Å². The van der Waals surface area contributed by atoms with E-state index in [1.165, 1.54) is 11.8 Å². The Labute approximate surface area is 205 Å². The lowest BCUT2D eigenvalue weighted by Gasteiger charge is -2.10. The van der Waals surface area contributed by atoms with Crippen molar-refractivity contribution < 1.29 is 13.9 Å². The fraction of sp³-hybridized carbons (Fsp3) is 0.174. The van der Waals surface area contributed by atoms with Gasteiger partial charge in [0.1, 0.15) is 18.1 Å². The molecule has 2 heterocycles. The molecule has 0 spiro atoms. The monoisotopic (exact) mass is 502 g/mol. The van der Waals surface area contributed by atoms with Gasteiger partial charge in [0.15, 0.2) is 11.0 Å². The van der Waals surface area contributed by atoms with E-state index >= 15 is 0 Å². The Morgan fingerprint density at radius 1 is 1.12 bits per heavy atom. The molecule has 0 atom stereocenters. The molecule has 0 saturated heterocycles. The minimum absolute atomic E-state index is 0.134. The molecule has 0 aliphatic heterocycles. The SMILES string of the molecule is Cc1ccc(OCc2nnc(SCC(=O)Nc3ccc(Cl)c(Cl)c3)n2Cc2ccco2)cc1. The quantitative estimate of drug-likeness (QED) is 0.289. The Kier molecular flexibility index (Phi) is 7.59. The number of carbonyl (C=O) groups excluding carboxylic acids is 1. The van der Waals surface area contributed by atoms with Crippen LogP contribution in [0.5, 0.6) is 5.75 Å². The van der Waals surface area contributed by atoms with Crippen LogP contribution in [0.2, 0.25) is 10.0 Å². The third-order valence-electron chi connectivity index (χ3n) is 4.61. The van der Waals surface area contributed by atoms with Crippen molar-refractivity contribution in [1.82, 2.24) is 14.8 Å². The molecule has 170 valence electrons. The first kappa shape index (κ1) is 23.2. The van der Waals surface area contributed by atoms with E-state index in [9.17, 15) is 4.79 Å². The Morgan fingerprint density at radius 2 is 1.94 bits per heavy atom. The smallest absolute Gasteiger partial charge is 0.234 e. The lowest BCUT2D eigenvalue weighted by atomic mass is 10.2. The topological polar surface area (TPSA) is 82.2 Å². The van der Waals surface area contributed by atoms with Crippen LogP contribution in [-0.2, 0) is 17.9 Å². The maximum absolute atomic E-state index is 12.4. The largest absolute Gasteiger partial charge is 0.486 e. The summed E-state index contributed by atoms with van der Waals surface area (Å²) in [5.41, 5.74) is 1.72. The number of nitrogens with zero attached hydrogens (tertiary/aromatic N) is 3. The second-order valence-electron chi connectivity index (χ2n) is 7.13. The standard InChI is InChI=1S/C23H20Cl2N4O3S/c1-15-4-7-17(8-5-15)32-13-21-27-28-23(29(21)12-18-3-2-10-31-18)33-14-22(30)26-16-6-9-19(24)20(25)11-16/h2-11H,12-14H2,1H3,(H,26,30). The minimum atomic E-state index is -0.205. The van der Waals surface area contributed by atoms with E-state index in [2.05, 4.69) is 15.5 Å². The number of furan rings is 1. The summed E-state index contributed by atoms with van der Waals surface area (Å²) in [5, 5.41) is 12.7. The van der Waals surface area contributed by atoms with Crippen LogP contribution in [-0.4, -0.2) is 26.4 Å². The molecular weight excluding hydrogens is 483 g/mol. The van der Waals surface area contributed by atoms with Crippen molar-refractivity contribution in [3.05, 3.63) is 88.1 Å². The zero-order valence-electron chi connectivity index (χ0n) is 17.6. The van der Waals surface area contributed by atoms with Gasteiger partial charge in [-0.05, 0) is 49.4 Å². The summed E-state index contributed by atoms with van der Waals surface area (Å²) in [7, 11) is 0. The predicted octanol–water partition coefficient (Wildman–Crippen LogP) is 5.84. The highest BCUT2D eigenvalue weighted by Gasteiger charge is 2.16. The normalized spacial score (nSPS) is 10.9. The second-order valence-corrected chi connectivity index (χ2v) is 8.89. The maximum atomic E-state index is 12.4. The molecule has 0 unspecified atom stereocenters. The van der Waals surface area contributed by atoms with Crippen LogP contribution in [0.1, 0.15) is 17.1 Å². The van der Waals surface area contributed by atoms with Crippen LogP contribution in [0.25, 0.3) is 0 Å².